The minimum Gasteiger partial charge on any atom is -0.396 e. The second kappa shape index (κ2) is 6.52. The van der Waals surface area contributed by atoms with Crippen molar-refractivity contribution in [2.45, 2.75) is 18.6 Å². The van der Waals surface area contributed by atoms with Crippen LogP contribution in [0.4, 0.5) is 0 Å². The van der Waals surface area contributed by atoms with E-state index in [0.29, 0.717) is 29.7 Å². The molecule has 0 unspecified atom stereocenters. The number of aliphatic hydroxyl groups is 1. The van der Waals surface area contributed by atoms with Crippen LogP contribution in [0, 0.1) is 0 Å². The van der Waals surface area contributed by atoms with Crippen LogP contribution in [0.3, 0.4) is 0 Å². The molecule has 0 atom stereocenters. The molecule has 0 saturated carbocycles. The highest BCUT2D eigenvalue weighted by molar-refractivity contribution is 7.89. The van der Waals surface area contributed by atoms with Crippen molar-refractivity contribution in [2.75, 3.05) is 6.61 Å². The molecule has 23 heavy (non-hydrogen) atoms. The van der Waals surface area contributed by atoms with Crippen LogP contribution in [0.5, 0.6) is 0 Å². The number of para-hydroxylation sites is 2. The van der Waals surface area contributed by atoms with Gasteiger partial charge in [-0.1, -0.05) is 42.5 Å². The Balaban J connectivity index is 2.09. The van der Waals surface area contributed by atoms with Gasteiger partial charge in [-0.3, -0.25) is 0 Å². The highest BCUT2D eigenvalue weighted by Crippen LogP contribution is 2.21. The zero-order valence-electron chi connectivity index (χ0n) is 12.6. The lowest BCUT2D eigenvalue weighted by molar-refractivity contribution is 0.287. The fraction of sp³-hybridized carbons (Fsp3) is 0.235. The number of nitrogens with zero attached hydrogens (tertiary/aromatic N) is 2. The Bertz CT molecular complexity index is 902. The Morgan fingerprint density at radius 1 is 1.00 bits per heavy atom. The molecule has 0 amide bonds. The van der Waals surface area contributed by atoms with Gasteiger partial charge in [0.25, 0.3) is 0 Å². The zero-order chi connectivity index (χ0) is 16.3. The summed E-state index contributed by atoms with van der Waals surface area (Å²) < 4.78 is 27.2. The summed E-state index contributed by atoms with van der Waals surface area (Å²) in [6.07, 6.45) is 0.892. The second-order valence-corrected chi connectivity index (χ2v) is 7.17. The number of hydrogen-bond acceptors (Lipinski definition) is 4. The summed E-state index contributed by atoms with van der Waals surface area (Å²) in [5.74, 6) is 0.386. The van der Waals surface area contributed by atoms with Crippen LogP contribution < -0.4 is 0 Å². The van der Waals surface area contributed by atoms with E-state index in [9.17, 15) is 8.42 Å². The van der Waals surface area contributed by atoms with E-state index in [1.54, 1.807) is 30.3 Å². The van der Waals surface area contributed by atoms with Crippen molar-refractivity contribution in [1.29, 1.82) is 0 Å². The molecule has 0 radical (unpaired) electrons. The third-order valence-corrected chi connectivity index (χ3v) is 5.27. The van der Waals surface area contributed by atoms with Crippen molar-refractivity contribution in [3.05, 3.63) is 66.0 Å². The van der Waals surface area contributed by atoms with Gasteiger partial charge < -0.3 is 5.11 Å². The molecule has 1 aromatic heterocycles. The van der Waals surface area contributed by atoms with Crippen LogP contribution >= 0.6 is 0 Å². The van der Waals surface area contributed by atoms with Crippen molar-refractivity contribution in [3.63, 3.8) is 0 Å². The van der Waals surface area contributed by atoms with Gasteiger partial charge in [-0.2, -0.15) is 0 Å². The molecule has 120 valence electrons. The van der Waals surface area contributed by atoms with Gasteiger partial charge in [0.15, 0.2) is 0 Å². The molecule has 0 aliphatic heterocycles. The maximum atomic E-state index is 12.9. The first-order chi connectivity index (χ1) is 11.1. The lowest BCUT2D eigenvalue weighted by atomic mass is 10.2. The summed E-state index contributed by atoms with van der Waals surface area (Å²) >= 11 is 0. The van der Waals surface area contributed by atoms with E-state index in [-0.39, 0.29) is 12.4 Å². The van der Waals surface area contributed by atoms with E-state index >= 15 is 0 Å². The molecule has 2 aromatic carbocycles. The zero-order valence-corrected chi connectivity index (χ0v) is 13.4. The van der Waals surface area contributed by atoms with Gasteiger partial charge in [-0.15, -0.1) is 0 Å². The van der Waals surface area contributed by atoms with E-state index in [2.05, 4.69) is 4.98 Å². The third kappa shape index (κ3) is 3.28. The molecule has 1 heterocycles. The highest BCUT2D eigenvalue weighted by Gasteiger charge is 2.22. The van der Waals surface area contributed by atoms with Crippen LogP contribution in [0.25, 0.3) is 11.0 Å². The van der Waals surface area contributed by atoms with E-state index in [1.165, 1.54) is 3.97 Å². The lowest BCUT2D eigenvalue weighted by Gasteiger charge is -2.10. The predicted molar refractivity (Wildman–Crippen MR) is 89.6 cm³/mol. The topological polar surface area (TPSA) is 72.2 Å². The van der Waals surface area contributed by atoms with E-state index in [0.717, 1.165) is 5.56 Å². The molecule has 5 nitrogen and oxygen atoms in total. The predicted octanol–water partition coefficient (Wildman–Crippen LogP) is 2.34. The van der Waals surface area contributed by atoms with Gasteiger partial charge in [-0.05, 0) is 24.1 Å². The van der Waals surface area contributed by atoms with Gasteiger partial charge >= 0.3 is 0 Å². The Morgan fingerprint density at radius 3 is 2.43 bits per heavy atom. The molecule has 1 N–H and O–H groups in total. The molecule has 0 fully saturated rings. The summed E-state index contributed by atoms with van der Waals surface area (Å²) in [7, 11) is -3.59. The number of benzene rings is 2. The van der Waals surface area contributed by atoms with Crippen LogP contribution in [-0.2, 0) is 22.2 Å². The molecule has 0 aliphatic carbocycles. The monoisotopic (exact) mass is 330 g/mol. The van der Waals surface area contributed by atoms with Crippen molar-refractivity contribution in [1.82, 2.24) is 8.96 Å². The van der Waals surface area contributed by atoms with Crippen molar-refractivity contribution in [2.24, 2.45) is 0 Å². The average Bonchev–Trinajstić information content (AvgIpc) is 2.92. The van der Waals surface area contributed by atoms with Crippen LogP contribution in [-0.4, -0.2) is 29.1 Å². The van der Waals surface area contributed by atoms with Crippen molar-refractivity contribution < 1.29 is 13.5 Å². The fourth-order valence-corrected chi connectivity index (χ4v) is 4.26. The summed E-state index contributed by atoms with van der Waals surface area (Å²) in [6, 6.07) is 16.3. The maximum Gasteiger partial charge on any atom is 0.244 e. The molecule has 0 saturated heterocycles. The first kappa shape index (κ1) is 15.7. The smallest absolute Gasteiger partial charge is 0.244 e. The number of aromatic nitrogens is 2. The van der Waals surface area contributed by atoms with Gasteiger partial charge in [0.1, 0.15) is 5.82 Å². The standard InChI is InChI=1S/C17H18N2O3S/c20-12-6-11-17-18-15-9-4-5-10-16(15)19(17)23(21,22)13-14-7-2-1-3-8-14/h1-5,7-10,20H,6,11-13H2. The van der Waals surface area contributed by atoms with Gasteiger partial charge in [-0.25, -0.2) is 17.4 Å². The lowest BCUT2D eigenvalue weighted by Crippen LogP contribution is -2.18. The van der Waals surface area contributed by atoms with Gasteiger partial charge in [0, 0.05) is 13.0 Å². The second-order valence-electron chi connectivity index (χ2n) is 5.35. The molecule has 3 rings (SSSR count). The maximum absolute atomic E-state index is 12.9. The van der Waals surface area contributed by atoms with Crippen LogP contribution in [0.1, 0.15) is 17.8 Å². The van der Waals surface area contributed by atoms with Crippen molar-refractivity contribution >= 4 is 21.1 Å². The molecule has 6 heteroatoms. The first-order valence-corrected chi connectivity index (χ1v) is 9.07. The summed E-state index contributed by atoms with van der Waals surface area (Å²) in [5.41, 5.74) is 1.96. The number of fused-ring (bicyclic) bond motifs is 1. The third-order valence-electron chi connectivity index (χ3n) is 3.61. The number of imidazole rings is 1. The van der Waals surface area contributed by atoms with E-state index < -0.39 is 10.0 Å². The summed E-state index contributed by atoms with van der Waals surface area (Å²) in [6.45, 7) is 0.00192. The average molecular weight is 330 g/mol. The molecular weight excluding hydrogens is 312 g/mol. The molecule has 3 aromatic rings. The number of hydrogen-bond donors (Lipinski definition) is 1. The quantitative estimate of drug-likeness (QED) is 0.753. The molecule has 0 spiro atoms. The van der Waals surface area contributed by atoms with Crippen LogP contribution in [0.2, 0.25) is 0 Å². The van der Waals surface area contributed by atoms with E-state index in [4.69, 9.17) is 5.11 Å². The Hall–Kier alpha value is -2.18. The normalized spacial score (nSPS) is 11.9. The summed E-state index contributed by atoms with van der Waals surface area (Å²) in [5, 5.41) is 9.04. The first-order valence-electron chi connectivity index (χ1n) is 7.46. The minimum atomic E-state index is -3.59. The van der Waals surface area contributed by atoms with Gasteiger partial charge in [0.05, 0.1) is 16.8 Å². The number of rotatable bonds is 6. The minimum absolute atomic E-state index is 0.00192. The Kier molecular flexibility index (Phi) is 4.45. The number of aliphatic hydroxyl groups excluding tert-OH is 1. The fourth-order valence-electron chi connectivity index (χ4n) is 2.61. The Morgan fingerprint density at radius 2 is 1.70 bits per heavy atom. The highest BCUT2D eigenvalue weighted by atomic mass is 32.2. The molecule has 0 aliphatic rings. The van der Waals surface area contributed by atoms with Crippen LogP contribution in [0.15, 0.2) is 54.6 Å². The van der Waals surface area contributed by atoms with Crippen molar-refractivity contribution in [3.8, 4) is 0 Å². The van der Waals surface area contributed by atoms with E-state index in [1.807, 2.05) is 24.3 Å². The molecule has 0 bridgehead atoms. The largest absolute Gasteiger partial charge is 0.396 e. The number of aryl methyl sites for hydroxylation is 1. The van der Waals surface area contributed by atoms with Gasteiger partial charge in [0.2, 0.25) is 10.0 Å². The molecular formula is C17H18N2O3S. The SMILES string of the molecule is O=S(=O)(Cc1ccccc1)n1c(CCCO)nc2ccccc21. The Labute approximate surface area is 135 Å². The summed E-state index contributed by atoms with van der Waals surface area (Å²) in [4.78, 5) is 4.43.